The molecule has 0 aliphatic rings. The van der Waals surface area contributed by atoms with E-state index in [2.05, 4.69) is 0 Å². The monoisotopic (exact) mass is 396 g/mol. The SMILES string of the molecule is CC.O=C(O)CCOCCOCCOCCn1ccc2c([N+](=O)[O-])cccc21. The minimum atomic E-state index is -0.885. The molecule has 28 heavy (non-hydrogen) atoms. The van der Waals surface area contributed by atoms with E-state index in [1.165, 1.54) is 6.07 Å². The molecule has 2 aromatic rings. The predicted octanol–water partition coefficient (Wildman–Crippen LogP) is 3.10. The van der Waals surface area contributed by atoms with Gasteiger partial charge in [-0.05, 0) is 12.1 Å². The summed E-state index contributed by atoms with van der Waals surface area (Å²) in [6, 6.07) is 6.74. The van der Waals surface area contributed by atoms with Crippen LogP contribution in [-0.2, 0) is 25.5 Å². The molecule has 0 unspecified atom stereocenters. The summed E-state index contributed by atoms with van der Waals surface area (Å²) >= 11 is 0. The zero-order chi connectivity index (χ0) is 20.8. The first kappa shape index (κ1) is 23.5. The van der Waals surface area contributed by atoms with Crippen LogP contribution in [0.5, 0.6) is 0 Å². The van der Waals surface area contributed by atoms with Gasteiger partial charge in [0, 0.05) is 18.8 Å². The van der Waals surface area contributed by atoms with E-state index in [-0.39, 0.29) is 23.6 Å². The van der Waals surface area contributed by atoms with Crippen molar-refractivity contribution in [2.75, 3.05) is 39.6 Å². The number of rotatable bonds is 13. The summed E-state index contributed by atoms with van der Waals surface area (Å²) in [7, 11) is 0. The van der Waals surface area contributed by atoms with Crippen LogP contribution < -0.4 is 0 Å². The lowest BCUT2D eigenvalue weighted by atomic mass is 10.2. The lowest BCUT2D eigenvalue weighted by Gasteiger charge is -2.08. The lowest BCUT2D eigenvalue weighted by Crippen LogP contribution is -2.12. The summed E-state index contributed by atoms with van der Waals surface area (Å²) in [5, 5.41) is 20.1. The van der Waals surface area contributed by atoms with Gasteiger partial charge in [-0.25, -0.2) is 0 Å². The largest absolute Gasteiger partial charge is 0.481 e. The van der Waals surface area contributed by atoms with Crippen molar-refractivity contribution in [3.63, 3.8) is 0 Å². The Morgan fingerprint density at radius 3 is 2.25 bits per heavy atom. The number of benzene rings is 1. The standard InChI is InChI=1S/C17H22N2O7.C2H6/c20-17(21)5-8-24-10-12-26-13-11-25-9-7-18-6-4-14-15(18)2-1-3-16(14)19(22)23;1-2/h1-4,6H,5,7-13H2,(H,20,21);1-2H3. The summed E-state index contributed by atoms with van der Waals surface area (Å²) in [5.74, 6) is -0.885. The fourth-order valence-corrected chi connectivity index (χ4v) is 2.43. The van der Waals surface area contributed by atoms with E-state index >= 15 is 0 Å². The molecule has 1 aromatic carbocycles. The molecule has 0 atom stereocenters. The van der Waals surface area contributed by atoms with Crippen molar-refractivity contribution in [3.05, 3.63) is 40.6 Å². The van der Waals surface area contributed by atoms with Gasteiger partial charge in [0.2, 0.25) is 0 Å². The van der Waals surface area contributed by atoms with Crippen molar-refractivity contribution in [1.29, 1.82) is 0 Å². The predicted molar refractivity (Wildman–Crippen MR) is 105 cm³/mol. The number of hydrogen-bond acceptors (Lipinski definition) is 6. The van der Waals surface area contributed by atoms with Gasteiger partial charge in [-0.1, -0.05) is 19.9 Å². The number of carboxylic acids is 1. The van der Waals surface area contributed by atoms with Crippen LogP contribution in [0, 0.1) is 10.1 Å². The third-order valence-electron chi connectivity index (χ3n) is 3.67. The molecule has 1 aromatic heterocycles. The van der Waals surface area contributed by atoms with Crippen LogP contribution in [-0.4, -0.2) is 60.2 Å². The van der Waals surface area contributed by atoms with Crippen LogP contribution in [0.25, 0.3) is 10.9 Å². The Morgan fingerprint density at radius 2 is 1.64 bits per heavy atom. The Kier molecular flexibility index (Phi) is 11.5. The molecule has 0 saturated heterocycles. The average molecular weight is 396 g/mol. The van der Waals surface area contributed by atoms with E-state index in [0.717, 1.165) is 5.52 Å². The first-order valence-electron chi connectivity index (χ1n) is 9.27. The number of carbonyl (C=O) groups is 1. The minimum absolute atomic E-state index is 0.0135. The first-order chi connectivity index (χ1) is 13.6. The van der Waals surface area contributed by atoms with E-state index in [9.17, 15) is 14.9 Å². The molecule has 0 aliphatic carbocycles. The zero-order valence-electron chi connectivity index (χ0n) is 16.3. The topological polar surface area (TPSA) is 113 Å². The van der Waals surface area contributed by atoms with E-state index in [0.29, 0.717) is 45.0 Å². The number of ether oxygens (including phenoxy) is 3. The smallest absolute Gasteiger partial charge is 0.305 e. The molecule has 2 rings (SSSR count). The van der Waals surface area contributed by atoms with Crippen molar-refractivity contribution in [1.82, 2.24) is 4.57 Å². The van der Waals surface area contributed by atoms with Gasteiger partial charge in [-0.3, -0.25) is 14.9 Å². The van der Waals surface area contributed by atoms with Crippen molar-refractivity contribution in [2.45, 2.75) is 26.8 Å². The number of nitro benzene ring substituents is 1. The third kappa shape index (κ3) is 8.03. The number of non-ortho nitro benzene ring substituents is 1. The highest BCUT2D eigenvalue weighted by molar-refractivity contribution is 5.89. The van der Waals surface area contributed by atoms with Crippen molar-refractivity contribution < 1.29 is 29.0 Å². The molecule has 0 spiro atoms. The second-order valence-corrected chi connectivity index (χ2v) is 5.46. The van der Waals surface area contributed by atoms with Crippen LogP contribution >= 0.6 is 0 Å². The molecule has 0 amide bonds. The van der Waals surface area contributed by atoms with Crippen LogP contribution in [0.4, 0.5) is 5.69 Å². The van der Waals surface area contributed by atoms with E-state index < -0.39 is 5.97 Å². The van der Waals surface area contributed by atoms with Gasteiger partial charge in [0.25, 0.3) is 5.69 Å². The third-order valence-corrected chi connectivity index (χ3v) is 3.67. The van der Waals surface area contributed by atoms with Gasteiger partial charge in [0.15, 0.2) is 0 Å². The van der Waals surface area contributed by atoms with Crippen molar-refractivity contribution in [3.8, 4) is 0 Å². The molecule has 0 bridgehead atoms. The number of aliphatic carboxylic acids is 1. The Labute approximate surface area is 164 Å². The van der Waals surface area contributed by atoms with Crippen molar-refractivity contribution in [2.24, 2.45) is 0 Å². The molecular weight excluding hydrogens is 368 g/mol. The Hall–Kier alpha value is -2.49. The molecule has 0 saturated carbocycles. The Bertz CT molecular complexity index is 730. The zero-order valence-corrected chi connectivity index (χ0v) is 16.3. The quantitative estimate of drug-likeness (QED) is 0.314. The maximum Gasteiger partial charge on any atom is 0.305 e. The van der Waals surface area contributed by atoms with Crippen LogP contribution in [0.3, 0.4) is 0 Å². The molecule has 0 aliphatic heterocycles. The van der Waals surface area contributed by atoms with Crippen LogP contribution in [0.15, 0.2) is 30.5 Å². The van der Waals surface area contributed by atoms with Gasteiger partial charge in [0.1, 0.15) is 0 Å². The normalized spacial score (nSPS) is 10.5. The Balaban J connectivity index is 0.00000190. The van der Waals surface area contributed by atoms with Crippen LogP contribution in [0.1, 0.15) is 20.3 Å². The maximum absolute atomic E-state index is 11.0. The van der Waals surface area contributed by atoms with E-state index in [1.807, 2.05) is 30.7 Å². The van der Waals surface area contributed by atoms with Crippen LogP contribution in [0.2, 0.25) is 0 Å². The fraction of sp³-hybridized carbons (Fsp3) is 0.526. The highest BCUT2D eigenvalue weighted by Crippen LogP contribution is 2.26. The second-order valence-electron chi connectivity index (χ2n) is 5.46. The number of fused-ring (bicyclic) bond motifs is 1. The molecule has 156 valence electrons. The molecule has 0 fully saturated rings. The molecule has 1 heterocycles. The molecule has 9 nitrogen and oxygen atoms in total. The molecular formula is C19H28N2O7. The first-order valence-corrected chi connectivity index (χ1v) is 9.27. The number of carboxylic acid groups (broad SMARTS) is 1. The van der Waals surface area contributed by atoms with Gasteiger partial charge >= 0.3 is 5.97 Å². The highest BCUT2D eigenvalue weighted by atomic mass is 16.6. The lowest BCUT2D eigenvalue weighted by molar-refractivity contribution is -0.383. The Morgan fingerprint density at radius 1 is 1.04 bits per heavy atom. The van der Waals surface area contributed by atoms with Gasteiger partial charge in [-0.2, -0.15) is 0 Å². The molecule has 0 radical (unpaired) electrons. The maximum atomic E-state index is 11.0. The molecule has 9 heteroatoms. The minimum Gasteiger partial charge on any atom is -0.481 e. The summed E-state index contributed by atoms with van der Waals surface area (Å²) in [6.45, 7) is 6.80. The number of nitro groups is 1. The fourth-order valence-electron chi connectivity index (χ4n) is 2.43. The number of hydrogen-bond donors (Lipinski definition) is 1. The highest BCUT2D eigenvalue weighted by Gasteiger charge is 2.13. The summed E-state index contributed by atoms with van der Waals surface area (Å²) in [5.41, 5.74) is 0.902. The van der Waals surface area contributed by atoms with Crippen molar-refractivity contribution >= 4 is 22.6 Å². The summed E-state index contributed by atoms with van der Waals surface area (Å²) in [6.07, 6.45) is 1.80. The van der Waals surface area contributed by atoms with Gasteiger partial charge in [-0.15, -0.1) is 0 Å². The van der Waals surface area contributed by atoms with Gasteiger partial charge in [0.05, 0.1) is 61.9 Å². The summed E-state index contributed by atoms with van der Waals surface area (Å²) < 4.78 is 17.8. The van der Waals surface area contributed by atoms with E-state index in [1.54, 1.807) is 12.1 Å². The van der Waals surface area contributed by atoms with E-state index in [4.69, 9.17) is 19.3 Å². The second kappa shape index (κ2) is 13.6. The number of aromatic nitrogens is 1. The molecule has 1 N–H and O–H groups in total. The average Bonchev–Trinajstić information content (AvgIpc) is 3.10. The number of nitrogens with zero attached hydrogens (tertiary/aromatic N) is 2. The summed E-state index contributed by atoms with van der Waals surface area (Å²) in [4.78, 5) is 20.9. The van der Waals surface area contributed by atoms with Gasteiger partial charge < -0.3 is 23.9 Å².